The molecule has 0 saturated heterocycles. The molecule has 0 radical (unpaired) electrons. The Labute approximate surface area is 139 Å². The number of aromatic nitrogens is 2. The highest BCUT2D eigenvalue weighted by atomic mass is 31.2. The zero-order valence-electron chi connectivity index (χ0n) is 12.4. The van der Waals surface area contributed by atoms with Crippen molar-refractivity contribution in [3.8, 4) is 0 Å². The predicted molar refractivity (Wildman–Crippen MR) is 93.9 cm³/mol. The Bertz CT molecular complexity index is 681. The number of rotatable bonds is 7. The third-order valence-corrected chi connectivity index (χ3v) is 5.48. The minimum Gasteiger partial charge on any atom is -0.450 e. The van der Waals surface area contributed by atoms with Crippen molar-refractivity contribution in [2.45, 2.75) is 12.1 Å². The van der Waals surface area contributed by atoms with E-state index in [2.05, 4.69) is 19.5 Å². The fourth-order valence-electron chi connectivity index (χ4n) is 2.04. The van der Waals surface area contributed by atoms with E-state index in [-0.39, 0.29) is 0 Å². The third kappa shape index (κ3) is 4.47. The first kappa shape index (κ1) is 18.3. The summed E-state index contributed by atoms with van der Waals surface area (Å²) >= 11 is 0. The minimum absolute atomic E-state index is 0.551. The highest BCUT2D eigenvalue weighted by Gasteiger charge is 2.35. The van der Waals surface area contributed by atoms with Crippen molar-refractivity contribution in [2.75, 3.05) is 6.66 Å². The number of hydrogen-bond acceptors (Lipinski definition) is 6. The van der Waals surface area contributed by atoms with Crippen molar-refractivity contribution in [3.63, 3.8) is 0 Å². The summed E-state index contributed by atoms with van der Waals surface area (Å²) in [6, 6.07) is 8.22. The lowest BCUT2D eigenvalue weighted by Crippen LogP contribution is -2.38. The van der Waals surface area contributed by atoms with E-state index < -0.39 is 25.6 Å². The third-order valence-electron chi connectivity index (χ3n) is 3.20. The summed E-state index contributed by atoms with van der Waals surface area (Å²) < 4.78 is 24.9. The average molecular weight is 373 g/mol. The maximum atomic E-state index is 12.9. The van der Waals surface area contributed by atoms with E-state index in [0.717, 1.165) is 0 Å². The maximum Gasteiger partial charge on any atom is 0.328 e. The van der Waals surface area contributed by atoms with Gasteiger partial charge in [-0.2, -0.15) is 0 Å². The van der Waals surface area contributed by atoms with Crippen LogP contribution in [0.15, 0.2) is 49.1 Å². The molecular formula is C13H18N3O4P3. The number of nitrogens with zero attached hydrogens (tertiary/aromatic N) is 2. The minimum atomic E-state index is -3.25. The lowest BCUT2D eigenvalue weighted by atomic mass is 10.0. The molecule has 0 aliphatic rings. The summed E-state index contributed by atoms with van der Waals surface area (Å²) in [6.07, 6.45) is 3.68. The monoisotopic (exact) mass is 373 g/mol. The van der Waals surface area contributed by atoms with Crippen LogP contribution in [0, 0.1) is 0 Å². The largest absolute Gasteiger partial charge is 0.450 e. The molecule has 5 unspecified atom stereocenters. The summed E-state index contributed by atoms with van der Waals surface area (Å²) in [4.78, 5) is 15.9. The van der Waals surface area contributed by atoms with Gasteiger partial charge < -0.3 is 9.05 Å². The van der Waals surface area contributed by atoms with Gasteiger partial charge in [0.25, 0.3) is 7.52 Å². The van der Waals surface area contributed by atoms with Gasteiger partial charge in [-0.15, -0.1) is 0 Å². The van der Waals surface area contributed by atoms with Gasteiger partial charge in [-0.3, -0.25) is 18.8 Å². The van der Waals surface area contributed by atoms with Crippen LogP contribution in [0.5, 0.6) is 0 Å². The van der Waals surface area contributed by atoms with Crippen LogP contribution in [0.1, 0.15) is 11.7 Å². The first-order valence-corrected chi connectivity index (χ1v) is 9.73. The van der Waals surface area contributed by atoms with Crippen LogP contribution in [0.4, 0.5) is 0 Å². The molecule has 0 saturated carbocycles. The summed E-state index contributed by atoms with van der Waals surface area (Å²) in [5, 5.41) is 2.78. The van der Waals surface area contributed by atoms with E-state index in [9.17, 15) is 9.36 Å². The summed E-state index contributed by atoms with van der Waals surface area (Å²) in [7, 11) is 0.920. The Morgan fingerprint density at radius 1 is 1.39 bits per heavy atom. The van der Waals surface area contributed by atoms with Gasteiger partial charge in [0.1, 0.15) is 18.5 Å². The van der Waals surface area contributed by atoms with E-state index >= 15 is 0 Å². The Hall–Kier alpha value is -1.09. The normalized spacial score (nSPS) is 16.3. The molecule has 5 atom stereocenters. The molecule has 2 rings (SSSR count). The van der Waals surface area contributed by atoms with Gasteiger partial charge in [0.05, 0.1) is 9.47 Å². The molecule has 1 N–H and O–H groups in total. The van der Waals surface area contributed by atoms with Crippen LogP contribution in [0.25, 0.3) is 0 Å². The summed E-state index contributed by atoms with van der Waals surface area (Å²) in [6.45, 7) is 1.47. The van der Waals surface area contributed by atoms with Crippen molar-refractivity contribution < 1.29 is 18.4 Å². The lowest BCUT2D eigenvalue weighted by molar-refractivity contribution is -0.137. The van der Waals surface area contributed by atoms with E-state index in [1.165, 1.54) is 23.5 Å². The second-order valence-corrected chi connectivity index (χ2v) is 7.61. The van der Waals surface area contributed by atoms with Gasteiger partial charge >= 0.3 is 5.97 Å². The number of imidazole rings is 1. The Morgan fingerprint density at radius 2 is 2.09 bits per heavy atom. The Morgan fingerprint density at radius 3 is 2.61 bits per heavy atom. The van der Waals surface area contributed by atoms with Crippen molar-refractivity contribution in [1.29, 1.82) is 0 Å². The number of hydrogen-bond donors (Lipinski definition) is 1. The van der Waals surface area contributed by atoms with Crippen molar-refractivity contribution in [1.82, 2.24) is 14.4 Å². The van der Waals surface area contributed by atoms with Crippen molar-refractivity contribution in [3.05, 3.63) is 54.6 Å². The molecule has 1 heterocycles. The van der Waals surface area contributed by atoms with Crippen LogP contribution in [-0.2, 0) is 18.4 Å². The Balaban J connectivity index is 2.38. The molecule has 7 nitrogen and oxygen atoms in total. The van der Waals surface area contributed by atoms with E-state index in [0.29, 0.717) is 5.56 Å². The van der Waals surface area contributed by atoms with E-state index in [1.807, 2.05) is 27.7 Å². The molecule has 0 bridgehead atoms. The lowest BCUT2D eigenvalue weighted by Gasteiger charge is -2.28. The quantitative estimate of drug-likeness (QED) is 0.751. The van der Waals surface area contributed by atoms with Gasteiger partial charge in [-0.1, -0.05) is 39.7 Å². The smallest absolute Gasteiger partial charge is 0.328 e. The molecule has 0 amide bonds. The molecule has 1 aromatic heterocycles. The molecular weight excluding hydrogens is 355 g/mol. The van der Waals surface area contributed by atoms with Gasteiger partial charge in [0, 0.05) is 19.1 Å². The SMILES string of the molecule is CP(=O)(OC(c1ccccc1)C(NP)C(=O)OP)n1ccnc1. The predicted octanol–water partition coefficient (Wildman–Crippen LogP) is 2.39. The molecule has 0 fully saturated rings. The molecule has 23 heavy (non-hydrogen) atoms. The van der Waals surface area contributed by atoms with Crippen LogP contribution in [0.3, 0.4) is 0 Å². The van der Waals surface area contributed by atoms with E-state index in [4.69, 9.17) is 9.05 Å². The molecule has 124 valence electrons. The molecule has 10 heteroatoms. The molecule has 1 aromatic carbocycles. The van der Waals surface area contributed by atoms with Gasteiger partial charge in [0.15, 0.2) is 0 Å². The van der Waals surface area contributed by atoms with Gasteiger partial charge in [-0.25, -0.2) is 4.98 Å². The number of benzene rings is 1. The van der Waals surface area contributed by atoms with Gasteiger partial charge in [-0.05, 0) is 5.56 Å². The fourth-order valence-corrected chi connectivity index (χ4v) is 3.82. The van der Waals surface area contributed by atoms with Crippen LogP contribution in [0.2, 0.25) is 0 Å². The molecule has 0 spiro atoms. The molecule has 2 aromatic rings. The first-order valence-electron chi connectivity index (χ1n) is 6.66. The van der Waals surface area contributed by atoms with E-state index in [1.54, 1.807) is 18.3 Å². The van der Waals surface area contributed by atoms with Gasteiger partial charge in [0.2, 0.25) is 0 Å². The van der Waals surface area contributed by atoms with Crippen molar-refractivity contribution in [2.24, 2.45) is 0 Å². The second kappa shape index (κ2) is 8.14. The molecule has 0 aliphatic heterocycles. The zero-order valence-corrected chi connectivity index (χ0v) is 15.6. The van der Waals surface area contributed by atoms with Crippen LogP contribution in [-0.4, -0.2) is 28.0 Å². The van der Waals surface area contributed by atoms with Crippen LogP contribution >= 0.6 is 26.4 Å². The highest BCUT2D eigenvalue weighted by Crippen LogP contribution is 2.49. The number of carbonyl (C=O) groups is 1. The second-order valence-electron chi connectivity index (χ2n) is 4.76. The Kier molecular flexibility index (Phi) is 6.46. The number of nitrogens with one attached hydrogen (secondary N) is 1. The fraction of sp³-hybridized carbons (Fsp3) is 0.231. The van der Waals surface area contributed by atoms with Crippen LogP contribution < -0.4 is 5.09 Å². The average Bonchev–Trinajstić information content (AvgIpc) is 3.10. The zero-order chi connectivity index (χ0) is 16.9. The van der Waals surface area contributed by atoms with Crippen molar-refractivity contribution >= 4 is 32.3 Å². The first-order chi connectivity index (χ1) is 11.0. The summed E-state index contributed by atoms with van der Waals surface area (Å²) in [5.41, 5.74) is 0.699. The number of carbonyl (C=O) groups excluding carboxylic acids is 1. The topological polar surface area (TPSA) is 82.5 Å². The standard InChI is InChI=1S/C13H18N3O4P3/c1-23(18,16-8-7-14-9-16)20-12(10-5-3-2-4-6-10)11(15-21)13(17)19-22/h2-9,11-12,15H,21-22H2,1H3. The maximum absolute atomic E-state index is 12.9. The molecule has 0 aliphatic carbocycles. The highest BCUT2D eigenvalue weighted by molar-refractivity contribution is 7.56. The summed E-state index contributed by atoms with van der Waals surface area (Å²) in [5.74, 6) is -0.551.